The van der Waals surface area contributed by atoms with Crippen molar-refractivity contribution in [3.8, 4) is 11.1 Å². The highest BCUT2D eigenvalue weighted by Crippen LogP contribution is 2.25. The van der Waals surface area contributed by atoms with Gasteiger partial charge < -0.3 is 20.7 Å². The highest BCUT2D eigenvalue weighted by Gasteiger charge is 2.38. The van der Waals surface area contributed by atoms with Crippen LogP contribution in [0.15, 0.2) is 71.7 Å². The lowest BCUT2D eigenvalue weighted by molar-refractivity contribution is -0.192. The molecule has 4 rings (SSSR count). The van der Waals surface area contributed by atoms with E-state index in [1.807, 2.05) is 53.4 Å². The number of nitrogens with one attached hydrogen (secondary N) is 2. The zero-order valence-corrected chi connectivity index (χ0v) is 20.3. The average molecular weight is 529 g/mol. The Labute approximate surface area is 216 Å². The molecule has 8 nitrogen and oxygen atoms in total. The van der Waals surface area contributed by atoms with Gasteiger partial charge in [0.2, 0.25) is 5.56 Å². The van der Waals surface area contributed by atoms with Crippen molar-refractivity contribution in [1.29, 1.82) is 5.41 Å². The summed E-state index contributed by atoms with van der Waals surface area (Å²) in [6.07, 6.45) is 0.354. The molecule has 0 saturated carbocycles. The summed E-state index contributed by atoms with van der Waals surface area (Å²) in [7, 11) is 0. The predicted molar refractivity (Wildman–Crippen MR) is 136 cm³/mol. The highest BCUT2D eigenvalue weighted by molar-refractivity contribution is 5.95. The molecule has 1 saturated heterocycles. The second-order valence-corrected chi connectivity index (χ2v) is 8.77. The fraction of sp³-hybridized carbons (Fsp3) is 0.259. The number of benzene rings is 2. The fourth-order valence-corrected chi connectivity index (χ4v) is 4.19. The lowest BCUT2D eigenvalue weighted by Gasteiger charge is -2.25. The number of hydrogen-bond donors (Lipinski definition) is 4. The first-order chi connectivity index (χ1) is 18.0. The Morgan fingerprint density at radius 1 is 1.05 bits per heavy atom. The standard InChI is InChI=1S/C25H26N4O2.C2HF3O2/c26-24(27)20-4-1-3-17(15-20)6-12-22-5-2-14-29(22)25(31)19-9-7-18(8-10-19)21-11-13-23(30)28-16-21;3-2(4,5)1(6)7/h1,3-4,7-11,13,15-16,22H,2,5-6,12,14H2,(H3,26,27)(H,28,30);(H,6,7)/t22-;/m0./s1. The Hall–Kier alpha value is -4.41. The molecule has 1 atom stereocenters. The highest BCUT2D eigenvalue weighted by atomic mass is 19.4. The zero-order valence-electron chi connectivity index (χ0n) is 20.3. The van der Waals surface area contributed by atoms with E-state index < -0.39 is 12.1 Å². The third-order valence-corrected chi connectivity index (χ3v) is 6.13. The number of aromatic amines is 1. The number of amides is 1. The maximum atomic E-state index is 13.1. The summed E-state index contributed by atoms with van der Waals surface area (Å²) in [6.45, 7) is 0.776. The monoisotopic (exact) mass is 528 g/mol. The number of carbonyl (C=O) groups excluding carboxylic acids is 1. The molecule has 1 aromatic heterocycles. The van der Waals surface area contributed by atoms with E-state index in [4.69, 9.17) is 21.0 Å². The van der Waals surface area contributed by atoms with Crippen LogP contribution in [0.2, 0.25) is 0 Å². The van der Waals surface area contributed by atoms with Gasteiger partial charge in [0.1, 0.15) is 5.84 Å². The number of pyridine rings is 1. The molecule has 11 heteroatoms. The van der Waals surface area contributed by atoms with E-state index in [9.17, 15) is 22.8 Å². The van der Waals surface area contributed by atoms with Crippen LogP contribution in [0.1, 0.15) is 40.7 Å². The van der Waals surface area contributed by atoms with E-state index in [0.29, 0.717) is 5.56 Å². The maximum Gasteiger partial charge on any atom is 0.490 e. The number of carbonyl (C=O) groups is 2. The van der Waals surface area contributed by atoms with Gasteiger partial charge in [-0.15, -0.1) is 0 Å². The Morgan fingerprint density at radius 2 is 1.71 bits per heavy atom. The van der Waals surface area contributed by atoms with Gasteiger partial charge in [0.05, 0.1) is 0 Å². The first-order valence-electron chi connectivity index (χ1n) is 11.8. The molecule has 0 spiro atoms. The van der Waals surface area contributed by atoms with Gasteiger partial charge >= 0.3 is 12.1 Å². The molecule has 2 heterocycles. The number of aryl methyl sites for hydroxylation is 1. The molecule has 2 aromatic carbocycles. The number of carboxylic acids is 1. The number of nitrogens with zero attached hydrogens (tertiary/aromatic N) is 1. The lowest BCUT2D eigenvalue weighted by Crippen LogP contribution is -2.35. The number of halogens is 3. The predicted octanol–water partition coefficient (Wildman–Crippen LogP) is 4.20. The summed E-state index contributed by atoms with van der Waals surface area (Å²) in [5.41, 5.74) is 9.87. The summed E-state index contributed by atoms with van der Waals surface area (Å²) in [6, 6.07) is 18.8. The number of amidine groups is 1. The first kappa shape index (κ1) is 28.2. The van der Waals surface area contributed by atoms with Crippen molar-refractivity contribution in [3.05, 3.63) is 93.9 Å². The van der Waals surface area contributed by atoms with Crippen molar-refractivity contribution in [2.24, 2.45) is 5.73 Å². The molecule has 1 fully saturated rings. The van der Waals surface area contributed by atoms with Crippen molar-refractivity contribution in [2.75, 3.05) is 6.54 Å². The number of nitrogens with two attached hydrogens (primary N) is 1. The second-order valence-electron chi connectivity index (χ2n) is 8.77. The van der Waals surface area contributed by atoms with Gasteiger partial charge in [0.15, 0.2) is 0 Å². The van der Waals surface area contributed by atoms with E-state index >= 15 is 0 Å². The van der Waals surface area contributed by atoms with Crippen LogP contribution >= 0.6 is 0 Å². The average Bonchev–Trinajstić information content (AvgIpc) is 3.36. The minimum absolute atomic E-state index is 0.0630. The number of aromatic nitrogens is 1. The van der Waals surface area contributed by atoms with Crippen molar-refractivity contribution < 1.29 is 27.9 Å². The van der Waals surface area contributed by atoms with Crippen LogP contribution in [0, 0.1) is 5.41 Å². The third kappa shape index (κ3) is 7.55. The van der Waals surface area contributed by atoms with Crippen LogP contribution in [0.25, 0.3) is 11.1 Å². The zero-order chi connectivity index (χ0) is 27.9. The number of nitrogen functional groups attached to an aromatic ring is 1. The summed E-state index contributed by atoms with van der Waals surface area (Å²) in [5.74, 6) is -2.62. The molecule has 1 aliphatic heterocycles. The topological polar surface area (TPSA) is 140 Å². The van der Waals surface area contributed by atoms with Crippen LogP contribution in [-0.4, -0.2) is 51.5 Å². The number of rotatable bonds is 6. The van der Waals surface area contributed by atoms with Crippen LogP contribution in [0.3, 0.4) is 0 Å². The van der Waals surface area contributed by atoms with Crippen LogP contribution in [0.4, 0.5) is 13.2 Å². The normalized spacial score (nSPS) is 14.9. The maximum absolute atomic E-state index is 13.1. The molecule has 200 valence electrons. The van der Waals surface area contributed by atoms with Crippen LogP contribution in [-0.2, 0) is 11.2 Å². The van der Waals surface area contributed by atoms with E-state index in [0.717, 1.165) is 54.5 Å². The van der Waals surface area contributed by atoms with E-state index in [-0.39, 0.29) is 23.3 Å². The second kappa shape index (κ2) is 12.2. The lowest BCUT2D eigenvalue weighted by atomic mass is 10.0. The largest absolute Gasteiger partial charge is 0.490 e. The fourth-order valence-electron chi connectivity index (χ4n) is 4.19. The molecule has 0 aliphatic carbocycles. The molecule has 1 amide bonds. The molecule has 0 unspecified atom stereocenters. The van der Waals surface area contributed by atoms with E-state index in [1.165, 1.54) is 6.07 Å². The number of alkyl halides is 3. The number of aliphatic carboxylic acids is 1. The Bertz CT molecular complexity index is 1330. The molecular formula is C27H27F3N4O4. The van der Waals surface area contributed by atoms with Gasteiger partial charge in [-0.05, 0) is 66.6 Å². The van der Waals surface area contributed by atoms with E-state index in [1.54, 1.807) is 12.3 Å². The third-order valence-electron chi connectivity index (χ3n) is 6.13. The molecule has 1 aliphatic rings. The molecule has 0 radical (unpaired) electrons. The Kier molecular flexibility index (Phi) is 9.06. The SMILES string of the molecule is N=C(N)c1cccc(CC[C@@H]2CCCN2C(=O)c2ccc(-c3ccc(=O)[nH]c3)cc2)c1.O=C(O)C(F)(F)F. The Balaban J connectivity index is 0.000000505. The van der Waals surface area contributed by atoms with Gasteiger partial charge in [-0.2, -0.15) is 13.2 Å². The summed E-state index contributed by atoms with van der Waals surface area (Å²) in [4.78, 5) is 37.9. The number of hydrogen-bond acceptors (Lipinski definition) is 4. The number of likely N-dealkylation sites (tertiary alicyclic amines) is 1. The molecule has 5 N–H and O–H groups in total. The number of H-pyrrole nitrogens is 1. The molecule has 38 heavy (non-hydrogen) atoms. The Morgan fingerprint density at radius 3 is 2.29 bits per heavy atom. The summed E-state index contributed by atoms with van der Waals surface area (Å²) < 4.78 is 31.7. The summed E-state index contributed by atoms with van der Waals surface area (Å²) >= 11 is 0. The van der Waals surface area contributed by atoms with Gasteiger partial charge in [0.25, 0.3) is 5.91 Å². The van der Waals surface area contributed by atoms with Gasteiger partial charge in [0, 0.05) is 36.0 Å². The first-order valence-corrected chi connectivity index (χ1v) is 11.8. The van der Waals surface area contributed by atoms with Crippen molar-refractivity contribution >= 4 is 17.7 Å². The smallest absolute Gasteiger partial charge is 0.475 e. The van der Waals surface area contributed by atoms with Crippen LogP contribution in [0.5, 0.6) is 0 Å². The van der Waals surface area contributed by atoms with Crippen molar-refractivity contribution in [2.45, 2.75) is 37.9 Å². The number of carboxylic acid groups (broad SMARTS) is 1. The van der Waals surface area contributed by atoms with Gasteiger partial charge in [-0.25, -0.2) is 4.79 Å². The van der Waals surface area contributed by atoms with Crippen molar-refractivity contribution in [1.82, 2.24) is 9.88 Å². The minimum Gasteiger partial charge on any atom is -0.475 e. The molecule has 0 bridgehead atoms. The molecular weight excluding hydrogens is 501 g/mol. The van der Waals surface area contributed by atoms with Crippen LogP contribution < -0.4 is 11.3 Å². The van der Waals surface area contributed by atoms with Gasteiger partial charge in [-0.1, -0.05) is 30.3 Å². The van der Waals surface area contributed by atoms with E-state index in [2.05, 4.69) is 4.98 Å². The molecule has 3 aromatic rings. The summed E-state index contributed by atoms with van der Waals surface area (Å²) in [5, 5.41) is 14.7. The minimum atomic E-state index is -5.08. The quantitative estimate of drug-likeness (QED) is 0.280. The van der Waals surface area contributed by atoms with Crippen molar-refractivity contribution in [3.63, 3.8) is 0 Å². The van der Waals surface area contributed by atoms with Gasteiger partial charge in [-0.3, -0.25) is 15.0 Å².